The minimum atomic E-state index is -0.787. The van der Waals surface area contributed by atoms with Crippen molar-refractivity contribution in [2.75, 3.05) is 13.2 Å². The molecule has 0 aliphatic rings. The van der Waals surface area contributed by atoms with Gasteiger partial charge >= 0.3 is 17.9 Å². The summed E-state index contributed by atoms with van der Waals surface area (Å²) >= 11 is 0. The maximum absolute atomic E-state index is 12.9. The van der Waals surface area contributed by atoms with Crippen molar-refractivity contribution in [2.45, 2.75) is 341 Å². The summed E-state index contributed by atoms with van der Waals surface area (Å²) in [6.07, 6.45) is 95.4. The van der Waals surface area contributed by atoms with Gasteiger partial charge in [-0.1, -0.05) is 304 Å². The lowest BCUT2D eigenvalue weighted by molar-refractivity contribution is -0.167. The highest BCUT2D eigenvalue weighted by Gasteiger charge is 2.19. The smallest absolute Gasteiger partial charge is 0.306 e. The fourth-order valence-corrected chi connectivity index (χ4v) is 9.75. The second-order valence-corrected chi connectivity index (χ2v) is 23.1. The monoisotopic (exact) mass is 1140 g/mol. The summed E-state index contributed by atoms with van der Waals surface area (Å²) in [4.78, 5) is 38.4. The lowest BCUT2D eigenvalue weighted by Gasteiger charge is -2.18. The Morgan fingerprint density at radius 1 is 0.256 bits per heavy atom. The van der Waals surface area contributed by atoms with Crippen LogP contribution in [0.15, 0.2) is 109 Å². The van der Waals surface area contributed by atoms with Crippen molar-refractivity contribution in [1.82, 2.24) is 0 Å². The summed E-state index contributed by atoms with van der Waals surface area (Å²) in [6.45, 7) is 6.50. The highest BCUT2D eigenvalue weighted by Crippen LogP contribution is 2.17. The molecule has 0 saturated heterocycles. The molecule has 0 fully saturated rings. The minimum Gasteiger partial charge on any atom is -0.462 e. The molecule has 0 bridgehead atoms. The number of unbranched alkanes of at least 4 members (excludes halogenated alkanes) is 34. The molecule has 0 N–H and O–H groups in total. The van der Waals surface area contributed by atoms with E-state index in [1.807, 2.05) is 0 Å². The second-order valence-electron chi connectivity index (χ2n) is 23.1. The van der Waals surface area contributed by atoms with Gasteiger partial charge in [0.2, 0.25) is 0 Å². The van der Waals surface area contributed by atoms with Crippen molar-refractivity contribution in [2.24, 2.45) is 0 Å². The van der Waals surface area contributed by atoms with Gasteiger partial charge in [0.25, 0.3) is 0 Å². The number of esters is 3. The van der Waals surface area contributed by atoms with Crippen LogP contribution in [0.1, 0.15) is 335 Å². The molecule has 0 rings (SSSR count). The minimum absolute atomic E-state index is 0.0826. The molecular formula is C76H130O6. The molecule has 0 aromatic carbocycles. The zero-order chi connectivity index (χ0) is 59.2. The van der Waals surface area contributed by atoms with E-state index < -0.39 is 6.10 Å². The third-order valence-corrected chi connectivity index (χ3v) is 15.0. The van der Waals surface area contributed by atoms with E-state index in [-0.39, 0.29) is 31.1 Å². The van der Waals surface area contributed by atoms with E-state index in [0.717, 1.165) is 116 Å². The van der Waals surface area contributed by atoms with Crippen LogP contribution in [0.4, 0.5) is 0 Å². The standard InChI is InChI=1S/C76H130O6/c1-4-7-10-13-16-19-22-25-28-30-31-32-33-34-35-36-37-38-39-40-41-42-43-44-45-47-48-51-54-57-60-63-66-69-75(78)81-72-73(71-80-74(77)68-65-62-59-56-53-50-27-24-21-18-15-12-9-6-3)82-76(79)70-67-64-61-58-55-52-49-46-29-26-23-20-17-14-11-8-5-2/h7,10,15-16,18-19,24-29,31-32,34-35,37-38,73H,4-6,8-9,11-14,17,20-23,30,33,36,39-72H2,1-3H3/b10-7-,18-15-,19-16-,27-24-,28-25-,29-26-,32-31-,35-34-,38-37-. The van der Waals surface area contributed by atoms with Gasteiger partial charge in [0, 0.05) is 19.3 Å². The van der Waals surface area contributed by atoms with Gasteiger partial charge in [0.05, 0.1) is 0 Å². The quantitative estimate of drug-likeness (QED) is 0.0261. The molecule has 470 valence electrons. The fraction of sp³-hybridized carbons (Fsp3) is 0.724. The molecule has 82 heavy (non-hydrogen) atoms. The number of allylic oxidation sites excluding steroid dienone is 18. The molecule has 1 unspecified atom stereocenters. The Morgan fingerprint density at radius 2 is 0.488 bits per heavy atom. The molecule has 0 saturated carbocycles. The Bertz CT molecular complexity index is 1640. The van der Waals surface area contributed by atoms with E-state index in [1.54, 1.807) is 0 Å². The first-order valence-electron chi connectivity index (χ1n) is 34.9. The number of carbonyl (C=O) groups is 3. The van der Waals surface area contributed by atoms with Gasteiger partial charge in [-0.25, -0.2) is 0 Å². The molecule has 0 aromatic heterocycles. The SMILES string of the molecule is CC/C=C\C/C=C\C/C=C\C/C=C\C/C=C\C/C=C\CCCCCCCCCCCCCCCCC(=O)OCC(COC(=O)CCCCCCC/C=C\C/C=C\CCCC)OC(=O)CCCCCCCCC/C=C\CCCCCCCC. The first-order chi connectivity index (χ1) is 40.5. The van der Waals surface area contributed by atoms with E-state index in [1.165, 1.54) is 180 Å². The van der Waals surface area contributed by atoms with Crippen molar-refractivity contribution in [3.63, 3.8) is 0 Å². The Balaban J connectivity index is 4.23. The topological polar surface area (TPSA) is 78.9 Å². The van der Waals surface area contributed by atoms with E-state index in [9.17, 15) is 14.4 Å². The van der Waals surface area contributed by atoms with Crippen LogP contribution in [0.3, 0.4) is 0 Å². The number of rotatable bonds is 63. The average molecular weight is 1140 g/mol. The third kappa shape index (κ3) is 66.9. The van der Waals surface area contributed by atoms with Gasteiger partial charge in [0.15, 0.2) is 6.10 Å². The van der Waals surface area contributed by atoms with Crippen molar-refractivity contribution in [3.05, 3.63) is 109 Å². The highest BCUT2D eigenvalue weighted by atomic mass is 16.6. The molecule has 0 radical (unpaired) electrons. The molecule has 0 aliphatic carbocycles. The molecule has 0 aromatic rings. The van der Waals surface area contributed by atoms with Gasteiger partial charge in [-0.05, 0) is 122 Å². The molecular weight excluding hydrogens is 1010 g/mol. The molecule has 1 atom stereocenters. The maximum Gasteiger partial charge on any atom is 0.306 e. The predicted molar refractivity (Wildman–Crippen MR) is 357 cm³/mol. The van der Waals surface area contributed by atoms with Gasteiger partial charge in [0.1, 0.15) is 13.2 Å². The summed E-state index contributed by atoms with van der Waals surface area (Å²) in [7, 11) is 0. The van der Waals surface area contributed by atoms with Gasteiger partial charge in [-0.15, -0.1) is 0 Å². The number of hydrogen-bond donors (Lipinski definition) is 0. The summed E-state index contributed by atoms with van der Waals surface area (Å²) < 4.78 is 16.9. The first-order valence-corrected chi connectivity index (χ1v) is 34.9. The van der Waals surface area contributed by atoms with Crippen LogP contribution in [-0.2, 0) is 28.6 Å². The van der Waals surface area contributed by atoms with Crippen LogP contribution in [0.25, 0.3) is 0 Å². The van der Waals surface area contributed by atoms with Crippen LogP contribution in [-0.4, -0.2) is 37.2 Å². The summed E-state index contributed by atoms with van der Waals surface area (Å²) in [5.41, 5.74) is 0. The molecule has 6 heteroatoms. The largest absolute Gasteiger partial charge is 0.462 e. The van der Waals surface area contributed by atoms with Crippen molar-refractivity contribution in [1.29, 1.82) is 0 Å². The molecule has 0 amide bonds. The maximum atomic E-state index is 12.9. The zero-order valence-corrected chi connectivity index (χ0v) is 54.0. The van der Waals surface area contributed by atoms with E-state index >= 15 is 0 Å². The Hall–Kier alpha value is -3.93. The van der Waals surface area contributed by atoms with Gasteiger partial charge in [-0.3, -0.25) is 14.4 Å². The second kappa shape index (κ2) is 69.6. The molecule has 0 spiro atoms. The summed E-state index contributed by atoms with van der Waals surface area (Å²) in [5, 5.41) is 0. The first kappa shape index (κ1) is 78.1. The highest BCUT2D eigenvalue weighted by molar-refractivity contribution is 5.71. The zero-order valence-electron chi connectivity index (χ0n) is 54.0. The van der Waals surface area contributed by atoms with Crippen LogP contribution >= 0.6 is 0 Å². The van der Waals surface area contributed by atoms with Gasteiger partial charge < -0.3 is 14.2 Å². The van der Waals surface area contributed by atoms with E-state index in [0.29, 0.717) is 19.3 Å². The van der Waals surface area contributed by atoms with Crippen molar-refractivity contribution in [3.8, 4) is 0 Å². The van der Waals surface area contributed by atoms with E-state index in [2.05, 4.69) is 130 Å². The van der Waals surface area contributed by atoms with Gasteiger partial charge in [-0.2, -0.15) is 0 Å². The Labute approximate surface area is 508 Å². The number of hydrogen-bond acceptors (Lipinski definition) is 6. The van der Waals surface area contributed by atoms with Crippen LogP contribution in [0.5, 0.6) is 0 Å². The predicted octanol–water partition coefficient (Wildman–Crippen LogP) is 24.2. The van der Waals surface area contributed by atoms with Crippen molar-refractivity contribution < 1.29 is 28.6 Å². The fourth-order valence-electron chi connectivity index (χ4n) is 9.75. The van der Waals surface area contributed by atoms with E-state index in [4.69, 9.17) is 14.2 Å². The third-order valence-electron chi connectivity index (χ3n) is 15.0. The molecule has 6 nitrogen and oxygen atoms in total. The Morgan fingerprint density at radius 3 is 0.793 bits per heavy atom. The van der Waals surface area contributed by atoms with Crippen LogP contribution < -0.4 is 0 Å². The lowest BCUT2D eigenvalue weighted by Crippen LogP contribution is -2.30. The Kier molecular flexibility index (Phi) is 66.2. The average Bonchev–Trinajstić information content (AvgIpc) is 3.47. The summed E-state index contributed by atoms with van der Waals surface area (Å²) in [6, 6.07) is 0. The molecule has 0 aliphatic heterocycles. The lowest BCUT2D eigenvalue weighted by atomic mass is 10.0. The molecule has 0 heterocycles. The normalized spacial score (nSPS) is 12.8. The van der Waals surface area contributed by atoms with Crippen LogP contribution in [0.2, 0.25) is 0 Å². The number of carbonyl (C=O) groups excluding carboxylic acids is 3. The van der Waals surface area contributed by atoms with Crippen molar-refractivity contribution >= 4 is 17.9 Å². The summed E-state index contributed by atoms with van der Waals surface area (Å²) in [5.74, 6) is -0.889. The number of ether oxygens (including phenoxy) is 3. The van der Waals surface area contributed by atoms with Crippen LogP contribution in [0, 0.1) is 0 Å².